The largest absolute Gasteiger partial charge is 0.351 e. The number of carbonyl (C=O) groups is 2. The molecule has 1 saturated heterocycles. The van der Waals surface area contributed by atoms with E-state index in [0.717, 1.165) is 40.4 Å². The summed E-state index contributed by atoms with van der Waals surface area (Å²) in [6.45, 7) is 4.70. The highest BCUT2D eigenvalue weighted by Gasteiger charge is 2.31. The lowest BCUT2D eigenvalue weighted by Gasteiger charge is -2.25. The highest BCUT2D eigenvalue weighted by atomic mass is 32.1. The van der Waals surface area contributed by atoms with Crippen LogP contribution >= 0.6 is 11.3 Å². The number of thiophene rings is 1. The van der Waals surface area contributed by atoms with E-state index in [-0.39, 0.29) is 17.9 Å². The van der Waals surface area contributed by atoms with Crippen molar-refractivity contribution in [1.29, 1.82) is 0 Å². The van der Waals surface area contributed by atoms with Crippen molar-refractivity contribution in [1.82, 2.24) is 15.2 Å². The standard InChI is InChI=1S/C18H21N3O2S/c1-12-5-6-17(24-12)18(23)21-9-3-4-16(21)14-7-8-19-15(10-14)11-20-13(2)22/h5-8,10,16H,3-4,9,11H2,1-2H3,(H,20,22)/t16-/m0/s1. The lowest BCUT2D eigenvalue weighted by atomic mass is 10.0. The molecule has 2 aromatic heterocycles. The topological polar surface area (TPSA) is 62.3 Å². The van der Waals surface area contributed by atoms with Crippen LogP contribution in [-0.4, -0.2) is 28.2 Å². The smallest absolute Gasteiger partial charge is 0.264 e. The van der Waals surface area contributed by atoms with Gasteiger partial charge in [-0.1, -0.05) is 0 Å². The second kappa shape index (κ2) is 7.13. The molecule has 1 aliphatic rings. The van der Waals surface area contributed by atoms with Crippen molar-refractivity contribution >= 4 is 23.2 Å². The Morgan fingerprint density at radius 2 is 2.21 bits per heavy atom. The van der Waals surface area contributed by atoms with Crippen LogP contribution in [0.2, 0.25) is 0 Å². The van der Waals surface area contributed by atoms with Crippen LogP contribution in [-0.2, 0) is 11.3 Å². The van der Waals surface area contributed by atoms with Crippen molar-refractivity contribution < 1.29 is 9.59 Å². The zero-order valence-corrected chi connectivity index (χ0v) is 14.7. The van der Waals surface area contributed by atoms with Crippen LogP contribution in [0.25, 0.3) is 0 Å². The average Bonchev–Trinajstić information content (AvgIpc) is 3.21. The molecule has 6 heteroatoms. The Hall–Kier alpha value is -2.21. The Kier molecular flexibility index (Phi) is 4.94. The Morgan fingerprint density at radius 3 is 2.92 bits per heavy atom. The number of hydrogen-bond acceptors (Lipinski definition) is 4. The number of nitrogens with zero attached hydrogens (tertiary/aromatic N) is 2. The average molecular weight is 343 g/mol. The number of carbonyl (C=O) groups excluding carboxylic acids is 2. The molecule has 3 rings (SSSR count). The van der Waals surface area contributed by atoms with E-state index in [9.17, 15) is 9.59 Å². The maximum absolute atomic E-state index is 12.8. The number of likely N-dealkylation sites (tertiary alicyclic amines) is 1. The predicted octanol–water partition coefficient (Wildman–Crippen LogP) is 3.06. The van der Waals surface area contributed by atoms with Crippen molar-refractivity contribution in [3.63, 3.8) is 0 Å². The fourth-order valence-corrected chi connectivity index (χ4v) is 3.89. The lowest BCUT2D eigenvalue weighted by molar-refractivity contribution is -0.119. The van der Waals surface area contributed by atoms with Crippen LogP contribution in [0.3, 0.4) is 0 Å². The van der Waals surface area contributed by atoms with Crippen molar-refractivity contribution in [2.45, 2.75) is 39.3 Å². The molecule has 1 aliphatic heterocycles. The van der Waals surface area contributed by atoms with Gasteiger partial charge in [-0.2, -0.15) is 0 Å². The molecule has 2 aromatic rings. The molecule has 0 spiro atoms. The zero-order valence-electron chi connectivity index (χ0n) is 13.9. The van der Waals surface area contributed by atoms with Crippen molar-refractivity contribution in [3.05, 3.63) is 51.5 Å². The maximum atomic E-state index is 12.8. The van der Waals surface area contributed by atoms with Crippen LogP contribution in [0, 0.1) is 6.92 Å². The minimum Gasteiger partial charge on any atom is -0.351 e. The number of pyridine rings is 1. The third kappa shape index (κ3) is 3.64. The molecule has 3 heterocycles. The van der Waals surface area contributed by atoms with E-state index >= 15 is 0 Å². The van der Waals surface area contributed by atoms with Gasteiger partial charge in [-0.05, 0) is 49.6 Å². The lowest BCUT2D eigenvalue weighted by Crippen LogP contribution is -2.30. The number of nitrogens with one attached hydrogen (secondary N) is 1. The molecule has 0 bridgehead atoms. The van der Waals surface area contributed by atoms with Crippen molar-refractivity contribution in [3.8, 4) is 0 Å². The second-order valence-electron chi connectivity index (χ2n) is 6.06. The first-order valence-electron chi connectivity index (χ1n) is 8.11. The Balaban J connectivity index is 1.79. The molecule has 24 heavy (non-hydrogen) atoms. The molecule has 1 N–H and O–H groups in total. The summed E-state index contributed by atoms with van der Waals surface area (Å²) >= 11 is 1.54. The van der Waals surface area contributed by atoms with Crippen LogP contribution in [0.5, 0.6) is 0 Å². The molecule has 1 fully saturated rings. The predicted molar refractivity (Wildman–Crippen MR) is 93.8 cm³/mol. The molecule has 5 nitrogen and oxygen atoms in total. The first-order valence-corrected chi connectivity index (χ1v) is 8.93. The molecule has 2 amide bonds. The fourth-order valence-electron chi connectivity index (χ4n) is 3.06. The molecular formula is C18H21N3O2S. The Morgan fingerprint density at radius 1 is 1.38 bits per heavy atom. The van der Waals surface area contributed by atoms with E-state index in [1.165, 1.54) is 6.92 Å². The number of hydrogen-bond donors (Lipinski definition) is 1. The van der Waals surface area contributed by atoms with Gasteiger partial charge in [-0.3, -0.25) is 14.6 Å². The zero-order chi connectivity index (χ0) is 17.1. The van der Waals surface area contributed by atoms with E-state index in [4.69, 9.17) is 0 Å². The summed E-state index contributed by atoms with van der Waals surface area (Å²) in [6, 6.07) is 7.94. The number of aromatic nitrogens is 1. The van der Waals surface area contributed by atoms with E-state index in [0.29, 0.717) is 6.54 Å². The molecule has 0 aromatic carbocycles. The SMILES string of the molecule is CC(=O)NCc1cc([C@@H]2CCCN2C(=O)c2ccc(C)s2)ccn1. The summed E-state index contributed by atoms with van der Waals surface area (Å²) in [4.78, 5) is 32.1. The third-order valence-corrected chi connectivity index (χ3v) is 5.20. The van der Waals surface area contributed by atoms with E-state index < -0.39 is 0 Å². The molecule has 0 saturated carbocycles. The Labute approximate surface area is 145 Å². The monoisotopic (exact) mass is 343 g/mol. The van der Waals surface area contributed by atoms with E-state index in [1.807, 2.05) is 36.1 Å². The Bertz CT molecular complexity index is 756. The third-order valence-electron chi connectivity index (χ3n) is 4.21. The molecule has 126 valence electrons. The van der Waals surface area contributed by atoms with Gasteiger partial charge in [0.05, 0.1) is 23.2 Å². The summed E-state index contributed by atoms with van der Waals surface area (Å²) < 4.78 is 0. The first-order chi connectivity index (χ1) is 11.5. The summed E-state index contributed by atoms with van der Waals surface area (Å²) in [5, 5.41) is 2.76. The minimum atomic E-state index is -0.0760. The number of amides is 2. The maximum Gasteiger partial charge on any atom is 0.264 e. The van der Waals surface area contributed by atoms with Crippen LogP contribution in [0.4, 0.5) is 0 Å². The van der Waals surface area contributed by atoms with Gasteiger partial charge in [0.1, 0.15) is 0 Å². The van der Waals surface area contributed by atoms with E-state index in [1.54, 1.807) is 17.5 Å². The molecule has 0 unspecified atom stereocenters. The normalized spacial score (nSPS) is 17.1. The second-order valence-corrected chi connectivity index (χ2v) is 7.35. The van der Waals surface area contributed by atoms with Crippen LogP contribution < -0.4 is 5.32 Å². The van der Waals surface area contributed by atoms with Gasteiger partial charge >= 0.3 is 0 Å². The quantitative estimate of drug-likeness (QED) is 0.928. The van der Waals surface area contributed by atoms with Gasteiger partial charge in [0, 0.05) is 24.5 Å². The number of rotatable bonds is 4. The van der Waals surface area contributed by atoms with Gasteiger partial charge in [-0.15, -0.1) is 11.3 Å². The molecular weight excluding hydrogens is 322 g/mol. The summed E-state index contributed by atoms with van der Waals surface area (Å²) in [6.07, 6.45) is 3.71. The van der Waals surface area contributed by atoms with Crippen molar-refractivity contribution in [2.75, 3.05) is 6.54 Å². The summed E-state index contributed by atoms with van der Waals surface area (Å²) in [5.41, 5.74) is 1.90. The molecule has 0 radical (unpaired) electrons. The first kappa shape index (κ1) is 16.6. The fraction of sp³-hybridized carbons (Fsp3) is 0.389. The van der Waals surface area contributed by atoms with Gasteiger partial charge in [0.25, 0.3) is 5.91 Å². The van der Waals surface area contributed by atoms with Gasteiger partial charge in [0.2, 0.25) is 5.91 Å². The van der Waals surface area contributed by atoms with Crippen LogP contribution in [0.1, 0.15) is 51.6 Å². The summed E-state index contributed by atoms with van der Waals surface area (Å²) in [5.74, 6) is 0.0313. The molecule has 0 aliphatic carbocycles. The minimum absolute atomic E-state index is 0.0760. The highest BCUT2D eigenvalue weighted by molar-refractivity contribution is 7.13. The van der Waals surface area contributed by atoms with Gasteiger partial charge < -0.3 is 10.2 Å². The number of aryl methyl sites for hydroxylation is 1. The molecule has 1 atom stereocenters. The summed E-state index contributed by atoms with van der Waals surface area (Å²) in [7, 11) is 0. The van der Waals surface area contributed by atoms with Gasteiger partial charge in [0.15, 0.2) is 0 Å². The van der Waals surface area contributed by atoms with Gasteiger partial charge in [-0.25, -0.2) is 0 Å². The highest BCUT2D eigenvalue weighted by Crippen LogP contribution is 2.34. The van der Waals surface area contributed by atoms with Crippen molar-refractivity contribution in [2.24, 2.45) is 0 Å². The van der Waals surface area contributed by atoms with Crippen LogP contribution in [0.15, 0.2) is 30.5 Å². The van der Waals surface area contributed by atoms with E-state index in [2.05, 4.69) is 10.3 Å².